The van der Waals surface area contributed by atoms with Gasteiger partial charge in [-0.1, -0.05) is 6.92 Å². The summed E-state index contributed by atoms with van der Waals surface area (Å²) in [5.74, 6) is 1.56. The summed E-state index contributed by atoms with van der Waals surface area (Å²) in [7, 11) is 1.88. The number of nitrogens with one attached hydrogen (secondary N) is 1. The summed E-state index contributed by atoms with van der Waals surface area (Å²) in [4.78, 5) is 6.87. The van der Waals surface area contributed by atoms with Crippen molar-refractivity contribution >= 4 is 41.3 Å². The molecule has 3 rings (SSSR count). The van der Waals surface area contributed by atoms with Crippen LogP contribution in [0.1, 0.15) is 31.2 Å². The van der Waals surface area contributed by atoms with Crippen molar-refractivity contribution in [2.45, 2.75) is 25.7 Å². The monoisotopic (exact) mass is 435 g/mol. The number of thiophene rings is 1. The molecule has 4 nitrogen and oxygen atoms in total. The summed E-state index contributed by atoms with van der Waals surface area (Å²) in [5, 5.41) is 7.92. The molecule has 3 heterocycles. The fourth-order valence-corrected chi connectivity index (χ4v) is 4.12. The van der Waals surface area contributed by atoms with Crippen molar-refractivity contribution in [2.75, 3.05) is 39.9 Å². The van der Waals surface area contributed by atoms with Gasteiger partial charge in [0, 0.05) is 38.7 Å². The van der Waals surface area contributed by atoms with Crippen LogP contribution in [-0.4, -0.2) is 50.8 Å². The Bertz CT molecular complexity index is 486. The minimum atomic E-state index is 0. The molecule has 0 aliphatic carbocycles. The molecule has 22 heavy (non-hydrogen) atoms. The summed E-state index contributed by atoms with van der Waals surface area (Å²) in [6.07, 6.45) is 2.43. The lowest BCUT2D eigenvalue weighted by Gasteiger charge is -2.25. The zero-order chi connectivity index (χ0) is 14.7. The number of hydrogen-bond donors (Lipinski definition) is 1. The van der Waals surface area contributed by atoms with Crippen molar-refractivity contribution in [3.63, 3.8) is 0 Å². The number of nitrogens with zero attached hydrogens (tertiary/aromatic N) is 2. The van der Waals surface area contributed by atoms with Crippen LogP contribution >= 0.6 is 35.3 Å². The van der Waals surface area contributed by atoms with Crippen molar-refractivity contribution in [2.24, 2.45) is 10.4 Å². The Labute approximate surface area is 154 Å². The topological polar surface area (TPSA) is 36.9 Å². The second-order valence-electron chi connectivity index (χ2n) is 6.36. The van der Waals surface area contributed by atoms with E-state index in [4.69, 9.17) is 4.74 Å². The van der Waals surface area contributed by atoms with Gasteiger partial charge in [0.25, 0.3) is 0 Å². The summed E-state index contributed by atoms with van der Waals surface area (Å²) in [5.41, 5.74) is 1.79. The lowest BCUT2D eigenvalue weighted by atomic mass is 9.87. The van der Waals surface area contributed by atoms with Gasteiger partial charge in [0.05, 0.1) is 6.61 Å². The quantitative estimate of drug-likeness (QED) is 0.450. The van der Waals surface area contributed by atoms with E-state index >= 15 is 0 Å². The largest absolute Gasteiger partial charge is 0.381 e. The van der Waals surface area contributed by atoms with Crippen LogP contribution in [0.4, 0.5) is 0 Å². The average Bonchev–Trinajstić information content (AvgIpc) is 3.23. The first kappa shape index (κ1) is 18.0. The molecular formula is C16H26IN3OS. The van der Waals surface area contributed by atoms with Gasteiger partial charge in [-0.3, -0.25) is 4.99 Å². The highest BCUT2D eigenvalue weighted by Gasteiger charge is 2.42. The Morgan fingerprint density at radius 2 is 2.41 bits per heavy atom. The smallest absolute Gasteiger partial charge is 0.193 e. The Kier molecular flexibility index (Phi) is 6.52. The van der Waals surface area contributed by atoms with E-state index in [2.05, 4.69) is 39.0 Å². The minimum Gasteiger partial charge on any atom is -0.381 e. The first-order valence-corrected chi connectivity index (χ1v) is 8.72. The maximum absolute atomic E-state index is 5.61. The third kappa shape index (κ3) is 3.94. The number of aliphatic imine (C=N–C) groups is 1. The van der Waals surface area contributed by atoms with Crippen LogP contribution in [0.15, 0.2) is 21.8 Å². The second-order valence-corrected chi connectivity index (χ2v) is 7.14. The first-order valence-electron chi connectivity index (χ1n) is 7.78. The minimum absolute atomic E-state index is 0. The lowest BCUT2D eigenvalue weighted by Crippen LogP contribution is -2.42. The number of likely N-dealkylation sites (tertiary alicyclic amines) is 1. The van der Waals surface area contributed by atoms with Gasteiger partial charge in [-0.15, -0.1) is 24.0 Å². The molecule has 6 heteroatoms. The number of ether oxygens (including phenoxy) is 1. The highest BCUT2D eigenvalue weighted by Crippen LogP contribution is 2.38. The number of guanidine groups is 1. The van der Waals surface area contributed by atoms with Crippen LogP contribution in [0, 0.1) is 5.41 Å². The molecule has 124 valence electrons. The molecule has 2 unspecified atom stereocenters. The SMILES string of the molecule is CN=C(NCC(C)c1ccsc1)N1CCC2(CCOC2)C1.I. The molecule has 1 aromatic heterocycles. The highest BCUT2D eigenvalue weighted by molar-refractivity contribution is 14.0. The molecular weight excluding hydrogens is 409 g/mol. The molecule has 0 aromatic carbocycles. The van der Waals surface area contributed by atoms with Gasteiger partial charge in [-0.05, 0) is 41.1 Å². The number of hydrogen-bond acceptors (Lipinski definition) is 3. The Balaban J connectivity index is 0.00000176. The van der Waals surface area contributed by atoms with Gasteiger partial charge < -0.3 is 15.0 Å². The fourth-order valence-electron chi connectivity index (χ4n) is 3.34. The first-order chi connectivity index (χ1) is 10.2. The molecule has 2 aliphatic heterocycles. The summed E-state index contributed by atoms with van der Waals surface area (Å²) >= 11 is 1.76. The predicted molar refractivity (Wildman–Crippen MR) is 104 cm³/mol. The zero-order valence-electron chi connectivity index (χ0n) is 13.4. The maximum Gasteiger partial charge on any atom is 0.193 e. The lowest BCUT2D eigenvalue weighted by molar-refractivity contribution is 0.156. The van der Waals surface area contributed by atoms with E-state index < -0.39 is 0 Å². The van der Waals surface area contributed by atoms with Gasteiger partial charge in [-0.2, -0.15) is 11.3 Å². The van der Waals surface area contributed by atoms with Crippen molar-refractivity contribution in [3.8, 4) is 0 Å². The van der Waals surface area contributed by atoms with Gasteiger partial charge >= 0.3 is 0 Å². The molecule has 1 aromatic rings. The van der Waals surface area contributed by atoms with Gasteiger partial charge in [0.2, 0.25) is 0 Å². The molecule has 2 aliphatic rings. The third-order valence-corrected chi connectivity index (χ3v) is 5.51. The van der Waals surface area contributed by atoms with Crippen molar-refractivity contribution in [3.05, 3.63) is 22.4 Å². The van der Waals surface area contributed by atoms with E-state index in [9.17, 15) is 0 Å². The van der Waals surface area contributed by atoms with Crippen LogP contribution in [0.5, 0.6) is 0 Å². The molecule has 2 fully saturated rings. The van der Waals surface area contributed by atoms with Crippen LogP contribution in [-0.2, 0) is 4.74 Å². The van der Waals surface area contributed by atoms with Gasteiger partial charge in [-0.25, -0.2) is 0 Å². The van der Waals surface area contributed by atoms with Gasteiger partial charge in [0.15, 0.2) is 5.96 Å². The van der Waals surface area contributed by atoms with E-state index in [1.165, 1.54) is 18.4 Å². The van der Waals surface area contributed by atoms with E-state index in [0.29, 0.717) is 11.3 Å². The predicted octanol–water partition coefficient (Wildman–Crippen LogP) is 3.16. The standard InChI is InChI=1S/C16H25N3OS.HI/c1-13(14-3-8-21-10-14)9-18-15(17-2)19-6-4-16(11-19)5-7-20-12-16;/h3,8,10,13H,4-7,9,11-12H2,1-2H3,(H,17,18);1H. The number of halogens is 1. The zero-order valence-corrected chi connectivity index (χ0v) is 16.5. The Morgan fingerprint density at radius 3 is 3.05 bits per heavy atom. The van der Waals surface area contributed by atoms with Crippen molar-refractivity contribution in [1.29, 1.82) is 0 Å². The van der Waals surface area contributed by atoms with Crippen LogP contribution in [0.3, 0.4) is 0 Å². The highest BCUT2D eigenvalue weighted by atomic mass is 127. The normalized spacial score (nSPS) is 26.3. The van der Waals surface area contributed by atoms with Crippen LogP contribution in [0.25, 0.3) is 0 Å². The maximum atomic E-state index is 5.61. The van der Waals surface area contributed by atoms with Gasteiger partial charge in [0.1, 0.15) is 0 Å². The summed E-state index contributed by atoms with van der Waals surface area (Å²) < 4.78 is 5.61. The Morgan fingerprint density at radius 1 is 1.55 bits per heavy atom. The average molecular weight is 435 g/mol. The van der Waals surface area contributed by atoms with Crippen LogP contribution in [0.2, 0.25) is 0 Å². The van der Waals surface area contributed by atoms with E-state index in [1.54, 1.807) is 11.3 Å². The Hall–Kier alpha value is -0.340. The van der Waals surface area contributed by atoms with Crippen LogP contribution < -0.4 is 5.32 Å². The fraction of sp³-hybridized carbons (Fsp3) is 0.688. The van der Waals surface area contributed by atoms with Crippen molar-refractivity contribution in [1.82, 2.24) is 10.2 Å². The van der Waals surface area contributed by atoms with Crippen molar-refractivity contribution < 1.29 is 4.74 Å². The van der Waals surface area contributed by atoms with E-state index in [-0.39, 0.29) is 24.0 Å². The molecule has 0 amide bonds. The molecule has 1 spiro atoms. The molecule has 2 atom stereocenters. The molecule has 1 N–H and O–H groups in total. The molecule has 0 bridgehead atoms. The summed E-state index contributed by atoms with van der Waals surface area (Å²) in [6, 6.07) is 2.21. The van der Waals surface area contributed by atoms with E-state index in [1.807, 2.05) is 7.05 Å². The van der Waals surface area contributed by atoms with E-state index in [0.717, 1.165) is 38.8 Å². The molecule has 0 radical (unpaired) electrons. The number of rotatable bonds is 3. The third-order valence-electron chi connectivity index (χ3n) is 4.81. The molecule has 0 saturated carbocycles. The summed E-state index contributed by atoms with van der Waals surface area (Å²) in [6.45, 7) is 7.22. The molecule has 2 saturated heterocycles. The second kappa shape index (κ2) is 7.97.